The molecule has 0 aliphatic carbocycles. The maximum atomic E-state index is 6.09. The normalized spacial score (nSPS) is 17.8. The van der Waals surface area contributed by atoms with Gasteiger partial charge in [-0.1, -0.05) is 32.0 Å². The van der Waals surface area contributed by atoms with E-state index in [2.05, 4.69) is 30.9 Å². The molecule has 0 aromatic heterocycles. The van der Waals surface area contributed by atoms with Crippen molar-refractivity contribution in [2.24, 2.45) is 5.92 Å². The summed E-state index contributed by atoms with van der Waals surface area (Å²) in [4.78, 5) is 2.56. The third-order valence-electron chi connectivity index (χ3n) is 3.93. The molecule has 1 unspecified atom stereocenters. The average Bonchev–Trinajstić information content (AvgIpc) is 2.93. The zero-order chi connectivity index (χ0) is 14.4. The van der Waals surface area contributed by atoms with Crippen molar-refractivity contribution in [1.82, 2.24) is 4.90 Å². The number of ether oxygens (including phenoxy) is 1. The molecule has 1 heterocycles. The summed E-state index contributed by atoms with van der Waals surface area (Å²) >= 11 is 0. The third kappa shape index (κ3) is 4.50. The number of para-hydroxylation sites is 1. The molecule has 112 valence electrons. The van der Waals surface area contributed by atoms with Gasteiger partial charge in [-0.25, -0.2) is 0 Å². The molecular formula is C17H28N2O. The van der Waals surface area contributed by atoms with Crippen LogP contribution in [0.2, 0.25) is 0 Å². The fraction of sp³-hybridized carbons (Fsp3) is 0.647. The van der Waals surface area contributed by atoms with Crippen molar-refractivity contribution in [3.05, 3.63) is 29.8 Å². The Kier molecular flexibility index (Phi) is 5.86. The predicted octanol–water partition coefficient (Wildman–Crippen LogP) is 2.95. The Morgan fingerprint density at radius 2 is 1.85 bits per heavy atom. The molecule has 0 radical (unpaired) electrons. The molecule has 1 aliphatic rings. The minimum absolute atomic E-state index is 0.459. The van der Waals surface area contributed by atoms with Gasteiger partial charge in [-0.3, -0.25) is 4.90 Å². The van der Waals surface area contributed by atoms with Crippen LogP contribution >= 0.6 is 0 Å². The van der Waals surface area contributed by atoms with Gasteiger partial charge in [0.2, 0.25) is 0 Å². The SMILES string of the molecule is CC(C)COCC(Cc1ccccc1N)N1CCCC1. The van der Waals surface area contributed by atoms with E-state index in [9.17, 15) is 0 Å². The summed E-state index contributed by atoms with van der Waals surface area (Å²) in [5.41, 5.74) is 8.24. The van der Waals surface area contributed by atoms with E-state index in [0.29, 0.717) is 12.0 Å². The minimum atomic E-state index is 0.459. The van der Waals surface area contributed by atoms with Gasteiger partial charge in [0.15, 0.2) is 0 Å². The monoisotopic (exact) mass is 276 g/mol. The molecule has 2 rings (SSSR count). The number of nitrogens with zero attached hydrogens (tertiary/aromatic N) is 1. The Morgan fingerprint density at radius 3 is 2.50 bits per heavy atom. The summed E-state index contributed by atoms with van der Waals surface area (Å²) in [6.07, 6.45) is 3.61. The van der Waals surface area contributed by atoms with Gasteiger partial charge in [0.05, 0.1) is 6.61 Å². The molecule has 1 aromatic carbocycles. The number of hydrogen-bond donors (Lipinski definition) is 1. The van der Waals surface area contributed by atoms with Gasteiger partial charge in [-0.2, -0.15) is 0 Å². The highest BCUT2D eigenvalue weighted by Crippen LogP contribution is 2.19. The lowest BCUT2D eigenvalue weighted by atomic mass is 10.0. The fourth-order valence-electron chi connectivity index (χ4n) is 2.81. The van der Waals surface area contributed by atoms with Crippen LogP contribution < -0.4 is 5.73 Å². The second-order valence-corrected chi connectivity index (χ2v) is 6.23. The molecule has 1 fully saturated rings. The maximum absolute atomic E-state index is 6.09. The summed E-state index contributed by atoms with van der Waals surface area (Å²) in [5.74, 6) is 0.594. The van der Waals surface area contributed by atoms with E-state index in [1.807, 2.05) is 12.1 Å². The van der Waals surface area contributed by atoms with Gasteiger partial charge in [0.25, 0.3) is 0 Å². The first-order chi connectivity index (χ1) is 9.66. The molecule has 2 N–H and O–H groups in total. The second-order valence-electron chi connectivity index (χ2n) is 6.23. The molecule has 0 saturated carbocycles. The number of nitrogens with two attached hydrogens (primary N) is 1. The fourth-order valence-corrected chi connectivity index (χ4v) is 2.81. The van der Waals surface area contributed by atoms with Crippen LogP contribution in [-0.4, -0.2) is 37.2 Å². The molecule has 1 aliphatic heterocycles. The predicted molar refractivity (Wildman–Crippen MR) is 84.8 cm³/mol. The zero-order valence-electron chi connectivity index (χ0n) is 12.8. The highest BCUT2D eigenvalue weighted by molar-refractivity contribution is 5.46. The summed E-state index contributed by atoms with van der Waals surface area (Å²) in [6, 6.07) is 8.66. The van der Waals surface area contributed by atoms with Crippen LogP contribution in [0.15, 0.2) is 24.3 Å². The zero-order valence-corrected chi connectivity index (χ0v) is 12.8. The molecular weight excluding hydrogens is 248 g/mol. The highest BCUT2D eigenvalue weighted by Gasteiger charge is 2.23. The van der Waals surface area contributed by atoms with E-state index >= 15 is 0 Å². The molecule has 1 aromatic rings. The molecule has 0 spiro atoms. The van der Waals surface area contributed by atoms with Crippen molar-refractivity contribution in [2.45, 2.75) is 39.2 Å². The van der Waals surface area contributed by atoms with E-state index < -0.39 is 0 Å². The molecule has 1 saturated heterocycles. The Bertz CT molecular complexity index is 400. The lowest BCUT2D eigenvalue weighted by molar-refractivity contribution is 0.0547. The van der Waals surface area contributed by atoms with E-state index in [-0.39, 0.29) is 0 Å². The number of benzene rings is 1. The summed E-state index contributed by atoms with van der Waals surface area (Å²) in [6.45, 7) is 8.44. The molecule has 20 heavy (non-hydrogen) atoms. The standard InChI is InChI=1S/C17H28N2O/c1-14(2)12-20-13-16(19-9-5-6-10-19)11-15-7-3-4-8-17(15)18/h3-4,7-8,14,16H,5-6,9-13,18H2,1-2H3. The van der Waals surface area contributed by atoms with Crippen molar-refractivity contribution in [3.63, 3.8) is 0 Å². The van der Waals surface area contributed by atoms with Gasteiger partial charge in [0.1, 0.15) is 0 Å². The van der Waals surface area contributed by atoms with Crippen LogP contribution in [0.3, 0.4) is 0 Å². The van der Waals surface area contributed by atoms with Gasteiger partial charge in [-0.05, 0) is 49.9 Å². The molecule has 0 amide bonds. The van der Waals surface area contributed by atoms with Gasteiger partial charge in [-0.15, -0.1) is 0 Å². The number of hydrogen-bond acceptors (Lipinski definition) is 3. The van der Waals surface area contributed by atoms with Crippen molar-refractivity contribution >= 4 is 5.69 Å². The summed E-state index contributed by atoms with van der Waals surface area (Å²) < 4.78 is 5.90. The molecule has 0 bridgehead atoms. The number of rotatable bonds is 7. The first-order valence-corrected chi connectivity index (χ1v) is 7.82. The van der Waals surface area contributed by atoms with Crippen molar-refractivity contribution in [2.75, 3.05) is 32.0 Å². The maximum Gasteiger partial charge on any atom is 0.0625 e. The van der Waals surface area contributed by atoms with Gasteiger partial charge >= 0.3 is 0 Å². The Balaban J connectivity index is 1.96. The van der Waals surface area contributed by atoms with Gasteiger partial charge < -0.3 is 10.5 Å². The Morgan fingerprint density at radius 1 is 1.15 bits per heavy atom. The van der Waals surface area contributed by atoms with E-state index in [1.165, 1.54) is 31.5 Å². The molecule has 1 atom stereocenters. The third-order valence-corrected chi connectivity index (χ3v) is 3.93. The van der Waals surface area contributed by atoms with Crippen molar-refractivity contribution < 1.29 is 4.74 Å². The van der Waals surface area contributed by atoms with Crippen LogP contribution in [0.5, 0.6) is 0 Å². The Hall–Kier alpha value is -1.06. The average molecular weight is 276 g/mol. The van der Waals surface area contributed by atoms with E-state index in [0.717, 1.165) is 25.3 Å². The van der Waals surface area contributed by atoms with Crippen LogP contribution in [0.4, 0.5) is 5.69 Å². The van der Waals surface area contributed by atoms with Gasteiger partial charge in [0, 0.05) is 18.3 Å². The Labute approximate surface area is 123 Å². The van der Waals surface area contributed by atoms with E-state index in [1.54, 1.807) is 0 Å². The van der Waals surface area contributed by atoms with Crippen LogP contribution in [0.1, 0.15) is 32.3 Å². The van der Waals surface area contributed by atoms with Crippen LogP contribution in [0, 0.1) is 5.92 Å². The second kappa shape index (κ2) is 7.65. The lowest BCUT2D eigenvalue weighted by Gasteiger charge is -2.28. The van der Waals surface area contributed by atoms with E-state index in [4.69, 9.17) is 10.5 Å². The largest absolute Gasteiger partial charge is 0.399 e. The number of anilines is 1. The molecule has 3 heteroatoms. The topological polar surface area (TPSA) is 38.5 Å². The first kappa shape index (κ1) is 15.3. The van der Waals surface area contributed by atoms with Crippen LogP contribution in [-0.2, 0) is 11.2 Å². The summed E-state index contributed by atoms with van der Waals surface area (Å²) in [5, 5.41) is 0. The highest BCUT2D eigenvalue weighted by atomic mass is 16.5. The lowest BCUT2D eigenvalue weighted by Crippen LogP contribution is -2.38. The minimum Gasteiger partial charge on any atom is -0.399 e. The van der Waals surface area contributed by atoms with Crippen molar-refractivity contribution in [1.29, 1.82) is 0 Å². The van der Waals surface area contributed by atoms with Crippen molar-refractivity contribution in [3.8, 4) is 0 Å². The number of nitrogen functional groups attached to an aromatic ring is 1. The van der Waals surface area contributed by atoms with Crippen LogP contribution in [0.25, 0.3) is 0 Å². The molecule has 3 nitrogen and oxygen atoms in total. The smallest absolute Gasteiger partial charge is 0.0625 e. The number of likely N-dealkylation sites (tertiary alicyclic amines) is 1. The summed E-state index contributed by atoms with van der Waals surface area (Å²) in [7, 11) is 0. The quantitative estimate of drug-likeness (QED) is 0.778. The first-order valence-electron chi connectivity index (χ1n) is 7.82.